The van der Waals surface area contributed by atoms with Gasteiger partial charge in [0, 0.05) is 21.9 Å². The summed E-state index contributed by atoms with van der Waals surface area (Å²) in [4.78, 5) is 1.36. The normalized spacial score (nSPS) is 17.8. The monoisotopic (exact) mass is 351 g/mol. The highest BCUT2D eigenvalue weighted by Gasteiger charge is 2.20. The number of hydrogen-bond donors (Lipinski definition) is 1. The molecule has 0 bridgehead atoms. The number of methoxy groups -OCH3 is 1. The van der Waals surface area contributed by atoms with Crippen molar-refractivity contribution in [3.8, 4) is 5.75 Å². The Hall–Kier alpha value is -0.840. The number of fused-ring (bicyclic) bond motifs is 1. The van der Waals surface area contributed by atoms with Gasteiger partial charge in [-0.1, -0.05) is 6.07 Å². The standard InChI is InChI=1S/C16H18BrNOS/c1-19-12-6-5-11-3-2-4-15(13(11)9-12)18-10-16-14(17)7-8-20-16/h5-9,15,18H,2-4,10H2,1H3. The zero-order valence-corrected chi connectivity index (χ0v) is 13.9. The van der Waals surface area contributed by atoms with E-state index in [-0.39, 0.29) is 0 Å². The average molecular weight is 352 g/mol. The lowest BCUT2D eigenvalue weighted by atomic mass is 9.87. The first kappa shape index (κ1) is 14.1. The predicted octanol–water partition coefficient (Wildman–Crippen LogP) is 4.69. The average Bonchev–Trinajstić information content (AvgIpc) is 2.89. The van der Waals surface area contributed by atoms with Gasteiger partial charge in [0.2, 0.25) is 0 Å². The van der Waals surface area contributed by atoms with E-state index in [4.69, 9.17) is 4.74 Å². The number of rotatable bonds is 4. The first-order valence-electron chi connectivity index (χ1n) is 6.90. The molecule has 0 saturated carbocycles. The first-order chi connectivity index (χ1) is 9.78. The van der Waals surface area contributed by atoms with Crippen molar-refractivity contribution in [2.75, 3.05) is 7.11 Å². The molecule has 0 aliphatic heterocycles. The van der Waals surface area contributed by atoms with Crippen molar-refractivity contribution in [1.29, 1.82) is 0 Å². The Labute approximate surface area is 132 Å². The van der Waals surface area contributed by atoms with Crippen molar-refractivity contribution in [3.63, 3.8) is 0 Å². The Balaban J connectivity index is 1.77. The molecule has 20 heavy (non-hydrogen) atoms. The molecule has 1 atom stereocenters. The van der Waals surface area contributed by atoms with Crippen LogP contribution in [-0.4, -0.2) is 7.11 Å². The van der Waals surface area contributed by atoms with Crippen LogP contribution in [0.1, 0.15) is 34.9 Å². The lowest BCUT2D eigenvalue weighted by Gasteiger charge is -2.27. The Kier molecular flexibility index (Phi) is 4.44. The number of benzene rings is 1. The number of aryl methyl sites for hydroxylation is 1. The topological polar surface area (TPSA) is 21.3 Å². The van der Waals surface area contributed by atoms with Crippen LogP contribution in [0.25, 0.3) is 0 Å². The van der Waals surface area contributed by atoms with Crippen molar-refractivity contribution < 1.29 is 4.74 Å². The highest BCUT2D eigenvalue weighted by molar-refractivity contribution is 9.10. The van der Waals surface area contributed by atoms with E-state index in [1.807, 2.05) is 0 Å². The van der Waals surface area contributed by atoms with Crippen molar-refractivity contribution in [2.24, 2.45) is 0 Å². The molecule has 1 unspecified atom stereocenters. The molecule has 1 aliphatic rings. The molecule has 1 aliphatic carbocycles. The molecule has 0 amide bonds. The Morgan fingerprint density at radius 2 is 2.30 bits per heavy atom. The zero-order valence-electron chi connectivity index (χ0n) is 11.5. The fourth-order valence-corrected chi connectivity index (χ4v) is 4.23. The Bertz CT molecular complexity index is 596. The van der Waals surface area contributed by atoms with Gasteiger partial charge < -0.3 is 10.1 Å². The molecule has 0 spiro atoms. The third-order valence-electron chi connectivity index (χ3n) is 3.87. The summed E-state index contributed by atoms with van der Waals surface area (Å²) < 4.78 is 6.57. The second-order valence-electron chi connectivity index (χ2n) is 5.08. The quantitative estimate of drug-likeness (QED) is 0.862. The maximum Gasteiger partial charge on any atom is 0.119 e. The highest BCUT2D eigenvalue weighted by Crippen LogP contribution is 2.33. The van der Waals surface area contributed by atoms with Crippen LogP contribution < -0.4 is 10.1 Å². The third kappa shape index (κ3) is 2.92. The van der Waals surface area contributed by atoms with Gasteiger partial charge in [0.25, 0.3) is 0 Å². The minimum absolute atomic E-state index is 0.433. The minimum atomic E-state index is 0.433. The maximum absolute atomic E-state index is 5.36. The molecule has 0 radical (unpaired) electrons. The van der Waals surface area contributed by atoms with Crippen LogP contribution in [0.3, 0.4) is 0 Å². The lowest BCUT2D eigenvalue weighted by Crippen LogP contribution is -2.24. The molecule has 0 saturated heterocycles. The van der Waals surface area contributed by atoms with Gasteiger partial charge in [-0.15, -0.1) is 11.3 Å². The van der Waals surface area contributed by atoms with E-state index >= 15 is 0 Å². The molecular formula is C16H18BrNOS. The number of ether oxygens (including phenoxy) is 1. The number of halogens is 1. The Morgan fingerprint density at radius 3 is 3.05 bits per heavy atom. The second kappa shape index (κ2) is 6.29. The van der Waals surface area contributed by atoms with Gasteiger partial charge in [0.05, 0.1) is 7.11 Å². The highest BCUT2D eigenvalue weighted by atomic mass is 79.9. The number of thiophene rings is 1. The summed E-state index contributed by atoms with van der Waals surface area (Å²) in [5.74, 6) is 0.953. The summed E-state index contributed by atoms with van der Waals surface area (Å²) in [5.41, 5.74) is 2.86. The van der Waals surface area contributed by atoms with Crippen LogP contribution in [-0.2, 0) is 13.0 Å². The predicted molar refractivity (Wildman–Crippen MR) is 87.5 cm³/mol. The van der Waals surface area contributed by atoms with Gasteiger partial charge in [-0.2, -0.15) is 0 Å². The molecule has 1 heterocycles. The van der Waals surface area contributed by atoms with Gasteiger partial charge >= 0.3 is 0 Å². The van der Waals surface area contributed by atoms with Gasteiger partial charge in [-0.3, -0.25) is 0 Å². The molecule has 4 heteroatoms. The SMILES string of the molecule is COc1ccc2c(c1)C(NCc1sccc1Br)CCC2. The van der Waals surface area contributed by atoms with E-state index in [1.165, 1.54) is 39.7 Å². The maximum atomic E-state index is 5.36. The van der Waals surface area contributed by atoms with E-state index < -0.39 is 0 Å². The van der Waals surface area contributed by atoms with Crippen molar-refractivity contribution in [3.05, 3.63) is 50.1 Å². The van der Waals surface area contributed by atoms with E-state index in [0.717, 1.165) is 12.3 Å². The molecule has 2 aromatic rings. The first-order valence-corrected chi connectivity index (χ1v) is 8.57. The van der Waals surface area contributed by atoms with Crippen LogP contribution >= 0.6 is 27.3 Å². The summed E-state index contributed by atoms with van der Waals surface area (Å²) in [7, 11) is 1.73. The van der Waals surface area contributed by atoms with Crippen molar-refractivity contribution in [1.82, 2.24) is 5.32 Å². The summed E-state index contributed by atoms with van der Waals surface area (Å²) in [5, 5.41) is 5.82. The fourth-order valence-electron chi connectivity index (χ4n) is 2.78. The minimum Gasteiger partial charge on any atom is -0.497 e. The molecule has 0 fully saturated rings. The summed E-state index contributed by atoms with van der Waals surface area (Å²) in [6.45, 7) is 0.916. The summed E-state index contributed by atoms with van der Waals surface area (Å²) in [6.07, 6.45) is 3.63. The largest absolute Gasteiger partial charge is 0.497 e. The van der Waals surface area contributed by atoms with E-state index in [9.17, 15) is 0 Å². The number of hydrogen-bond acceptors (Lipinski definition) is 3. The zero-order chi connectivity index (χ0) is 13.9. The molecule has 2 nitrogen and oxygen atoms in total. The van der Waals surface area contributed by atoms with Gasteiger partial charge in [-0.05, 0) is 69.9 Å². The smallest absolute Gasteiger partial charge is 0.119 e. The van der Waals surface area contributed by atoms with Gasteiger partial charge in [0.15, 0.2) is 0 Å². The summed E-state index contributed by atoms with van der Waals surface area (Å²) >= 11 is 5.39. The molecule has 3 rings (SSSR count). The van der Waals surface area contributed by atoms with Crippen LogP contribution in [0.2, 0.25) is 0 Å². The van der Waals surface area contributed by atoms with Crippen LogP contribution in [0.15, 0.2) is 34.1 Å². The molecule has 1 N–H and O–H groups in total. The molecular weight excluding hydrogens is 334 g/mol. The van der Waals surface area contributed by atoms with Gasteiger partial charge in [0.1, 0.15) is 5.75 Å². The van der Waals surface area contributed by atoms with Gasteiger partial charge in [-0.25, -0.2) is 0 Å². The Morgan fingerprint density at radius 1 is 1.40 bits per heavy atom. The fraction of sp³-hybridized carbons (Fsp3) is 0.375. The van der Waals surface area contributed by atoms with E-state index in [1.54, 1.807) is 18.4 Å². The lowest BCUT2D eigenvalue weighted by molar-refractivity contribution is 0.408. The van der Waals surface area contributed by atoms with Crippen LogP contribution in [0.4, 0.5) is 0 Å². The van der Waals surface area contributed by atoms with Crippen LogP contribution in [0.5, 0.6) is 5.75 Å². The second-order valence-corrected chi connectivity index (χ2v) is 6.94. The van der Waals surface area contributed by atoms with Crippen molar-refractivity contribution >= 4 is 27.3 Å². The molecule has 106 valence electrons. The van der Waals surface area contributed by atoms with Crippen molar-refractivity contribution in [2.45, 2.75) is 31.8 Å². The van der Waals surface area contributed by atoms with E-state index in [2.05, 4.69) is 50.9 Å². The van der Waals surface area contributed by atoms with E-state index in [0.29, 0.717) is 6.04 Å². The van der Waals surface area contributed by atoms with Crippen LogP contribution in [0, 0.1) is 0 Å². The number of nitrogens with one attached hydrogen (secondary N) is 1. The summed E-state index contributed by atoms with van der Waals surface area (Å²) in [6, 6.07) is 9.01. The third-order valence-corrected chi connectivity index (χ3v) is 5.79. The molecule has 1 aromatic heterocycles. The molecule has 1 aromatic carbocycles.